The van der Waals surface area contributed by atoms with Crippen LogP contribution in [0.4, 0.5) is 0 Å². The molecule has 0 aromatic carbocycles. The average molecular weight is 174 g/mol. The smallest absolute Gasteiger partial charge is 0.303 e. The Balaban J connectivity index is 0. The van der Waals surface area contributed by atoms with Crippen molar-refractivity contribution < 1.29 is 19.2 Å². The van der Waals surface area contributed by atoms with Gasteiger partial charge in [-0.1, -0.05) is 6.92 Å². The van der Waals surface area contributed by atoms with E-state index in [0.717, 1.165) is 0 Å². The van der Waals surface area contributed by atoms with E-state index in [1.54, 1.807) is 0 Å². The summed E-state index contributed by atoms with van der Waals surface area (Å²) in [5.41, 5.74) is 0. The summed E-state index contributed by atoms with van der Waals surface area (Å²) in [6.45, 7) is 2.14. The summed E-state index contributed by atoms with van der Waals surface area (Å²) in [6, 6.07) is 0. The van der Waals surface area contributed by atoms with Gasteiger partial charge in [0.1, 0.15) is 0 Å². The molecule has 6 heteroatoms. The highest BCUT2D eigenvalue weighted by atomic mass is 32.2. The van der Waals surface area contributed by atoms with E-state index in [1.807, 2.05) is 11.8 Å². The minimum absolute atomic E-state index is 1.24. The van der Waals surface area contributed by atoms with E-state index >= 15 is 0 Å². The van der Waals surface area contributed by atoms with Crippen LogP contribution in [0.1, 0.15) is 6.92 Å². The van der Waals surface area contributed by atoms with Crippen molar-refractivity contribution in [1.82, 2.24) is 0 Å². The summed E-state index contributed by atoms with van der Waals surface area (Å²) in [6.07, 6.45) is 2.10. The van der Waals surface area contributed by atoms with E-state index in [-0.39, 0.29) is 0 Å². The molecule has 0 heterocycles. The van der Waals surface area contributed by atoms with E-state index in [2.05, 4.69) is 13.2 Å². The number of thioether (sulfide) groups is 1. The topological polar surface area (TPSA) is 77.8 Å². The maximum absolute atomic E-state index is 8.88. The van der Waals surface area contributed by atoms with Crippen molar-refractivity contribution in [3.63, 3.8) is 0 Å². The van der Waals surface area contributed by atoms with E-state index in [9.17, 15) is 0 Å². The molecule has 3 N–H and O–H groups in total. The fourth-order valence-electron chi connectivity index (χ4n) is 0. The predicted molar refractivity (Wildman–Crippen MR) is 38.3 cm³/mol. The van der Waals surface area contributed by atoms with Crippen LogP contribution >= 0.6 is 19.6 Å². The number of hydrogen-bond acceptors (Lipinski definition) is 2. The first-order valence-corrected chi connectivity index (χ1v) is 5.15. The average Bonchev–Trinajstić information content (AvgIpc) is 1.61. The Hall–Kier alpha value is 0.460. The fraction of sp³-hybridized carbons (Fsp3) is 1.00. The molecular formula is C3H11O4PS. The van der Waals surface area contributed by atoms with Gasteiger partial charge in [-0.3, -0.25) is 0 Å². The standard InChI is InChI=1S/C3H8S.H3O4P/c1-3-4-2;1-5(2,3)4/h3H2,1-2H3;(H3,1,2,3,4). The van der Waals surface area contributed by atoms with Crippen LogP contribution in [0.3, 0.4) is 0 Å². The van der Waals surface area contributed by atoms with Crippen molar-refractivity contribution in [1.29, 1.82) is 0 Å². The van der Waals surface area contributed by atoms with Crippen molar-refractivity contribution in [2.75, 3.05) is 12.0 Å². The third-order valence-electron chi connectivity index (χ3n) is 0.289. The molecule has 0 rings (SSSR count). The molecule has 0 aromatic heterocycles. The molecule has 0 aliphatic carbocycles. The normalized spacial score (nSPS) is 9.89. The van der Waals surface area contributed by atoms with Gasteiger partial charge in [-0.2, -0.15) is 11.8 Å². The lowest BCUT2D eigenvalue weighted by Gasteiger charge is -1.82. The second-order valence-corrected chi connectivity index (χ2v) is 3.27. The molecule has 58 valence electrons. The van der Waals surface area contributed by atoms with Gasteiger partial charge >= 0.3 is 7.82 Å². The first-order chi connectivity index (χ1) is 3.91. The van der Waals surface area contributed by atoms with E-state index in [1.165, 1.54) is 5.75 Å². The first kappa shape index (κ1) is 12.2. The summed E-state index contributed by atoms with van der Waals surface area (Å²) in [7, 11) is -4.64. The van der Waals surface area contributed by atoms with Crippen LogP contribution in [0, 0.1) is 0 Å². The molecule has 0 aliphatic heterocycles. The van der Waals surface area contributed by atoms with Crippen LogP contribution in [0.25, 0.3) is 0 Å². The van der Waals surface area contributed by atoms with Gasteiger partial charge in [0.25, 0.3) is 0 Å². The zero-order valence-corrected chi connectivity index (χ0v) is 7.02. The van der Waals surface area contributed by atoms with E-state index in [4.69, 9.17) is 19.2 Å². The lowest BCUT2D eigenvalue weighted by molar-refractivity contribution is 0.275. The Labute approximate surface area is 58.5 Å². The molecule has 0 aromatic rings. The van der Waals surface area contributed by atoms with Gasteiger partial charge in [0.2, 0.25) is 0 Å². The SMILES string of the molecule is CCSC.O=P(O)(O)O. The van der Waals surface area contributed by atoms with Crippen LogP contribution in [-0.2, 0) is 4.57 Å². The van der Waals surface area contributed by atoms with E-state index < -0.39 is 7.82 Å². The molecule has 0 amide bonds. The molecule has 0 radical (unpaired) electrons. The highest BCUT2D eigenvalue weighted by Gasteiger charge is 2.00. The minimum atomic E-state index is -4.64. The summed E-state index contributed by atoms with van der Waals surface area (Å²) in [5.74, 6) is 1.24. The monoisotopic (exact) mass is 174 g/mol. The number of rotatable bonds is 1. The van der Waals surface area contributed by atoms with Gasteiger partial charge in [-0.05, 0) is 12.0 Å². The largest absolute Gasteiger partial charge is 0.466 e. The number of phosphoric acid groups is 1. The van der Waals surface area contributed by atoms with Crippen LogP contribution in [-0.4, -0.2) is 26.7 Å². The minimum Gasteiger partial charge on any atom is -0.303 e. The van der Waals surface area contributed by atoms with Gasteiger partial charge in [0, 0.05) is 0 Å². The van der Waals surface area contributed by atoms with Crippen LogP contribution in [0.15, 0.2) is 0 Å². The van der Waals surface area contributed by atoms with Gasteiger partial charge in [-0.15, -0.1) is 0 Å². The van der Waals surface area contributed by atoms with Crippen LogP contribution in [0.2, 0.25) is 0 Å². The van der Waals surface area contributed by atoms with E-state index in [0.29, 0.717) is 0 Å². The second-order valence-electron chi connectivity index (χ2n) is 1.09. The summed E-state index contributed by atoms with van der Waals surface area (Å²) < 4.78 is 8.88. The molecule has 4 nitrogen and oxygen atoms in total. The molecule has 0 saturated carbocycles. The molecule has 9 heavy (non-hydrogen) atoms. The van der Waals surface area contributed by atoms with Gasteiger partial charge in [0.15, 0.2) is 0 Å². The van der Waals surface area contributed by atoms with Crippen molar-refractivity contribution in [2.45, 2.75) is 6.92 Å². The van der Waals surface area contributed by atoms with Crippen molar-refractivity contribution >= 4 is 19.6 Å². The fourth-order valence-corrected chi connectivity index (χ4v) is 0. The highest BCUT2D eigenvalue weighted by Crippen LogP contribution is 2.25. The Bertz CT molecular complexity index is 79.5. The zero-order valence-electron chi connectivity index (χ0n) is 5.31. The van der Waals surface area contributed by atoms with Crippen molar-refractivity contribution in [2.24, 2.45) is 0 Å². The van der Waals surface area contributed by atoms with Crippen molar-refractivity contribution in [3.05, 3.63) is 0 Å². The van der Waals surface area contributed by atoms with Crippen LogP contribution in [0.5, 0.6) is 0 Å². The molecule has 0 spiro atoms. The molecule has 0 saturated heterocycles. The summed E-state index contributed by atoms with van der Waals surface area (Å²) >= 11 is 1.86. The first-order valence-electron chi connectivity index (χ1n) is 2.19. The number of hydrogen-bond donors (Lipinski definition) is 3. The van der Waals surface area contributed by atoms with Gasteiger partial charge in [0.05, 0.1) is 0 Å². The Kier molecular flexibility index (Phi) is 8.89. The second kappa shape index (κ2) is 6.58. The maximum atomic E-state index is 8.88. The summed E-state index contributed by atoms with van der Waals surface area (Å²) in [4.78, 5) is 21.6. The molecule has 0 fully saturated rings. The Morgan fingerprint density at radius 1 is 1.44 bits per heavy atom. The predicted octanol–water partition coefficient (Wildman–Crippen LogP) is 0.441. The van der Waals surface area contributed by atoms with Gasteiger partial charge in [-0.25, -0.2) is 4.57 Å². The lowest BCUT2D eigenvalue weighted by Crippen LogP contribution is -1.66. The molecule has 0 bridgehead atoms. The van der Waals surface area contributed by atoms with Gasteiger partial charge < -0.3 is 14.7 Å². The van der Waals surface area contributed by atoms with Crippen LogP contribution < -0.4 is 0 Å². The third-order valence-corrected chi connectivity index (χ3v) is 0.866. The maximum Gasteiger partial charge on any atom is 0.466 e. The Morgan fingerprint density at radius 2 is 1.56 bits per heavy atom. The molecule has 0 atom stereocenters. The summed E-state index contributed by atoms with van der Waals surface area (Å²) in [5, 5.41) is 0. The molecule has 0 aliphatic rings. The highest BCUT2D eigenvalue weighted by molar-refractivity contribution is 7.98. The quantitative estimate of drug-likeness (QED) is 0.503. The lowest BCUT2D eigenvalue weighted by atomic mass is 11.0. The molecular weight excluding hydrogens is 163 g/mol. The third kappa shape index (κ3) is 166. The Morgan fingerprint density at radius 3 is 1.56 bits per heavy atom. The zero-order chi connectivity index (χ0) is 7.91. The molecule has 0 unspecified atom stereocenters. The van der Waals surface area contributed by atoms with Crippen molar-refractivity contribution in [3.8, 4) is 0 Å².